The number of carbonyl (C=O) groups is 2. The van der Waals surface area contributed by atoms with Crippen molar-refractivity contribution < 1.29 is 9.59 Å². The summed E-state index contributed by atoms with van der Waals surface area (Å²) in [4.78, 5) is 26.3. The Labute approximate surface area is 166 Å². The lowest BCUT2D eigenvalue weighted by molar-refractivity contribution is -0.117. The molecule has 1 aliphatic heterocycles. The number of rotatable bonds is 5. The van der Waals surface area contributed by atoms with Crippen LogP contribution in [0.4, 0.5) is 16.2 Å². The molecule has 0 aliphatic carbocycles. The third kappa shape index (κ3) is 3.88. The topological polar surface area (TPSA) is 79.3 Å². The van der Waals surface area contributed by atoms with Gasteiger partial charge in [-0.1, -0.05) is 0 Å². The van der Waals surface area contributed by atoms with E-state index in [1.807, 2.05) is 55.5 Å². The average Bonchev–Trinajstić information content (AvgIpc) is 3.17. The first-order chi connectivity index (χ1) is 13.3. The van der Waals surface area contributed by atoms with Gasteiger partial charge in [0.05, 0.1) is 11.7 Å². The van der Waals surface area contributed by atoms with Crippen molar-refractivity contribution in [1.82, 2.24) is 15.1 Å². The molecule has 3 amide bonds. The van der Waals surface area contributed by atoms with Crippen LogP contribution in [-0.4, -0.2) is 28.3 Å². The zero-order chi connectivity index (χ0) is 20.4. The fourth-order valence-corrected chi connectivity index (χ4v) is 4.02. The predicted octanol–water partition coefficient (Wildman–Crippen LogP) is 3.84. The Morgan fingerprint density at radius 2 is 2.04 bits per heavy atom. The first-order valence-corrected chi connectivity index (χ1v) is 9.84. The first kappa shape index (κ1) is 19.9. The lowest BCUT2D eigenvalue weighted by Gasteiger charge is -2.20. The van der Waals surface area contributed by atoms with Crippen molar-refractivity contribution >= 4 is 23.3 Å². The molecule has 0 saturated carbocycles. The molecule has 7 heteroatoms. The van der Waals surface area contributed by atoms with Crippen LogP contribution in [0, 0.1) is 20.8 Å². The van der Waals surface area contributed by atoms with E-state index in [1.165, 1.54) is 0 Å². The molecule has 2 N–H and O–H groups in total. The Balaban J connectivity index is 1.67. The summed E-state index contributed by atoms with van der Waals surface area (Å²) < 4.78 is 1.95. The van der Waals surface area contributed by atoms with Crippen molar-refractivity contribution in [3.05, 3.63) is 40.7 Å². The van der Waals surface area contributed by atoms with Gasteiger partial charge in [-0.3, -0.25) is 9.48 Å². The van der Waals surface area contributed by atoms with E-state index < -0.39 is 0 Å². The maximum absolute atomic E-state index is 12.5. The van der Waals surface area contributed by atoms with Gasteiger partial charge in [0.1, 0.15) is 0 Å². The molecule has 1 atom stereocenters. The minimum atomic E-state index is -0.264. The summed E-state index contributed by atoms with van der Waals surface area (Å²) in [6, 6.07) is 5.22. The monoisotopic (exact) mass is 383 g/mol. The number of carbonyl (C=O) groups excluding carboxylic acids is 2. The number of aryl methyl sites for hydroxylation is 3. The molecular weight excluding hydrogens is 354 g/mol. The lowest BCUT2D eigenvalue weighted by Crippen LogP contribution is -2.31. The predicted molar refractivity (Wildman–Crippen MR) is 111 cm³/mol. The van der Waals surface area contributed by atoms with Crippen LogP contribution >= 0.6 is 0 Å². The van der Waals surface area contributed by atoms with E-state index >= 15 is 0 Å². The number of amides is 3. The van der Waals surface area contributed by atoms with E-state index in [0.717, 1.165) is 47.7 Å². The third-order valence-electron chi connectivity index (χ3n) is 5.34. The Bertz CT molecular complexity index is 902. The smallest absolute Gasteiger partial charge is 0.319 e. The molecular formula is C21H29N5O2. The highest BCUT2D eigenvalue weighted by Gasteiger charge is 2.23. The van der Waals surface area contributed by atoms with Crippen LogP contribution in [0.15, 0.2) is 18.2 Å². The highest BCUT2D eigenvalue weighted by molar-refractivity contribution is 5.97. The van der Waals surface area contributed by atoms with Crippen molar-refractivity contribution in [3.63, 3.8) is 0 Å². The van der Waals surface area contributed by atoms with Crippen molar-refractivity contribution in [2.45, 2.75) is 60.0 Å². The number of aromatic nitrogens is 2. The van der Waals surface area contributed by atoms with Gasteiger partial charge in [-0.25, -0.2) is 4.79 Å². The summed E-state index contributed by atoms with van der Waals surface area (Å²) in [6.45, 7) is 11.5. The van der Waals surface area contributed by atoms with Crippen molar-refractivity contribution in [2.75, 3.05) is 16.8 Å². The van der Waals surface area contributed by atoms with Crippen LogP contribution in [0.1, 0.15) is 55.2 Å². The molecule has 1 aromatic heterocycles. The third-order valence-corrected chi connectivity index (χ3v) is 5.34. The molecule has 1 saturated heterocycles. The Morgan fingerprint density at radius 1 is 1.29 bits per heavy atom. The molecule has 0 spiro atoms. The quantitative estimate of drug-likeness (QED) is 0.823. The highest BCUT2D eigenvalue weighted by Crippen LogP contribution is 2.27. The van der Waals surface area contributed by atoms with E-state index in [2.05, 4.69) is 22.7 Å². The fourth-order valence-electron chi connectivity index (χ4n) is 4.02. The van der Waals surface area contributed by atoms with Gasteiger partial charge >= 0.3 is 6.03 Å². The molecule has 1 aliphatic rings. The number of benzene rings is 1. The first-order valence-electron chi connectivity index (χ1n) is 9.84. The summed E-state index contributed by atoms with van der Waals surface area (Å²) in [7, 11) is 0. The SMILES string of the molecule is CCn1nc(C)c([C@H](C)NC(=O)Nc2ccc(N3CCCC3=O)c(C)c2)c1C. The summed E-state index contributed by atoms with van der Waals surface area (Å²) in [5.74, 6) is 0.161. The van der Waals surface area contributed by atoms with Gasteiger partial charge in [-0.2, -0.15) is 5.10 Å². The highest BCUT2D eigenvalue weighted by atomic mass is 16.2. The minimum Gasteiger partial charge on any atom is -0.331 e. The Morgan fingerprint density at radius 3 is 2.61 bits per heavy atom. The van der Waals surface area contributed by atoms with Gasteiger partial charge < -0.3 is 15.5 Å². The van der Waals surface area contributed by atoms with Gasteiger partial charge in [0, 0.05) is 42.1 Å². The van der Waals surface area contributed by atoms with Gasteiger partial charge in [0.2, 0.25) is 5.91 Å². The molecule has 0 radical (unpaired) electrons. The zero-order valence-corrected chi connectivity index (χ0v) is 17.3. The van der Waals surface area contributed by atoms with Crippen LogP contribution in [0.5, 0.6) is 0 Å². The van der Waals surface area contributed by atoms with Crippen LogP contribution in [-0.2, 0) is 11.3 Å². The fraction of sp³-hybridized carbons (Fsp3) is 0.476. The van der Waals surface area contributed by atoms with Gasteiger partial charge in [0.15, 0.2) is 0 Å². The average molecular weight is 383 g/mol. The van der Waals surface area contributed by atoms with Gasteiger partial charge in [-0.05, 0) is 64.8 Å². The van der Waals surface area contributed by atoms with Crippen molar-refractivity contribution in [1.29, 1.82) is 0 Å². The summed E-state index contributed by atoms with van der Waals surface area (Å²) >= 11 is 0. The lowest BCUT2D eigenvalue weighted by atomic mass is 10.1. The number of nitrogens with one attached hydrogen (secondary N) is 2. The van der Waals surface area contributed by atoms with E-state index in [-0.39, 0.29) is 18.0 Å². The van der Waals surface area contributed by atoms with Crippen molar-refractivity contribution in [2.24, 2.45) is 0 Å². The largest absolute Gasteiger partial charge is 0.331 e. The normalized spacial score (nSPS) is 15.0. The molecule has 7 nitrogen and oxygen atoms in total. The van der Waals surface area contributed by atoms with E-state index in [0.29, 0.717) is 12.1 Å². The molecule has 1 aromatic carbocycles. The Kier molecular flexibility index (Phi) is 5.72. The summed E-state index contributed by atoms with van der Waals surface area (Å²) in [6.07, 6.45) is 1.50. The molecule has 150 valence electrons. The summed E-state index contributed by atoms with van der Waals surface area (Å²) in [5, 5.41) is 10.4. The van der Waals surface area contributed by atoms with Crippen LogP contribution < -0.4 is 15.5 Å². The van der Waals surface area contributed by atoms with Crippen LogP contribution in [0.3, 0.4) is 0 Å². The maximum atomic E-state index is 12.5. The number of hydrogen-bond donors (Lipinski definition) is 2. The molecule has 0 bridgehead atoms. The number of nitrogens with zero attached hydrogens (tertiary/aromatic N) is 3. The number of hydrogen-bond acceptors (Lipinski definition) is 3. The standard InChI is InChI=1S/C21H29N5O2/c1-6-26-16(5)20(15(4)24-26)14(3)22-21(28)23-17-9-10-18(13(2)12-17)25-11-7-8-19(25)27/h9-10,12,14H,6-8,11H2,1-5H3,(H2,22,23,28)/t14-/m0/s1. The molecule has 0 unspecified atom stereocenters. The van der Waals surface area contributed by atoms with E-state index in [1.54, 1.807) is 0 Å². The second-order valence-corrected chi connectivity index (χ2v) is 7.37. The van der Waals surface area contributed by atoms with E-state index in [9.17, 15) is 9.59 Å². The van der Waals surface area contributed by atoms with Crippen molar-refractivity contribution in [3.8, 4) is 0 Å². The van der Waals surface area contributed by atoms with E-state index in [4.69, 9.17) is 0 Å². The second kappa shape index (κ2) is 8.04. The maximum Gasteiger partial charge on any atom is 0.319 e. The Hall–Kier alpha value is -2.83. The molecule has 2 aromatic rings. The second-order valence-electron chi connectivity index (χ2n) is 7.37. The van der Waals surface area contributed by atoms with Gasteiger partial charge in [0.25, 0.3) is 0 Å². The molecule has 2 heterocycles. The summed E-state index contributed by atoms with van der Waals surface area (Å²) in [5.41, 5.74) is 5.65. The number of urea groups is 1. The molecule has 3 rings (SSSR count). The number of anilines is 2. The molecule has 28 heavy (non-hydrogen) atoms. The molecule has 1 fully saturated rings. The van der Waals surface area contributed by atoms with Crippen LogP contribution in [0.25, 0.3) is 0 Å². The van der Waals surface area contributed by atoms with Crippen LogP contribution in [0.2, 0.25) is 0 Å². The van der Waals surface area contributed by atoms with Gasteiger partial charge in [-0.15, -0.1) is 0 Å². The zero-order valence-electron chi connectivity index (χ0n) is 17.3. The minimum absolute atomic E-state index is 0.150.